The number of carboxylic acids is 1. The molecule has 6 heteroatoms. The Morgan fingerprint density at radius 1 is 1.56 bits per heavy atom. The zero-order valence-electron chi connectivity index (χ0n) is 10.4. The monoisotopic (exact) mass is 272 g/mol. The standard InChI is InChI=1S/C12H20N2O3S/c1-2-7-18-8-5-13-12(17)14-6-3-4-10(9-14)11(15)16/h2,10H,1,3-9H2,(H,13,17)(H,15,16)/t10-/m1/s1. The minimum atomic E-state index is -0.811. The van der Waals surface area contributed by atoms with Crippen LogP contribution in [0.3, 0.4) is 0 Å². The van der Waals surface area contributed by atoms with Gasteiger partial charge in [-0.15, -0.1) is 6.58 Å². The molecule has 102 valence electrons. The smallest absolute Gasteiger partial charge is 0.317 e. The number of hydrogen-bond donors (Lipinski definition) is 2. The van der Waals surface area contributed by atoms with E-state index in [9.17, 15) is 9.59 Å². The fraction of sp³-hybridized carbons (Fsp3) is 0.667. The summed E-state index contributed by atoms with van der Waals surface area (Å²) in [4.78, 5) is 24.3. The molecule has 1 saturated heterocycles. The molecule has 2 amide bonds. The molecule has 0 aromatic heterocycles. The van der Waals surface area contributed by atoms with Gasteiger partial charge in [0.1, 0.15) is 0 Å². The molecule has 1 heterocycles. The Bertz CT molecular complexity index is 310. The fourth-order valence-electron chi connectivity index (χ4n) is 1.87. The summed E-state index contributed by atoms with van der Waals surface area (Å²) < 4.78 is 0. The Labute approximate surface area is 112 Å². The first kappa shape index (κ1) is 14.9. The highest BCUT2D eigenvalue weighted by molar-refractivity contribution is 7.99. The lowest BCUT2D eigenvalue weighted by Crippen LogP contribution is -2.47. The van der Waals surface area contributed by atoms with Gasteiger partial charge in [0.25, 0.3) is 0 Å². The Hall–Kier alpha value is -1.17. The number of nitrogens with zero attached hydrogens (tertiary/aromatic N) is 1. The molecule has 0 spiro atoms. The second-order valence-corrected chi connectivity index (χ2v) is 5.37. The maximum absolute atomic E-state index is 11.8. The van der Waals surface area contributed by atoms with Crippen LogP contribution in [0.5, 0.6) is 0 Å². The maximum Gasteiger partial charge on any atom is 0.317 e. The summed E-state index contributed by atoms with van der Waals surface area (Å²) in [7, 11) is 0. The van der Waals surface area contributed by atoms with Crippen LogP contribution < -0.4 is 5.32 Å². The number of carboxylic acid groups (broad SMARTS) is 1. The third-order valence-corrected chi connectivity index (χ3v) is 3.78. The number of aliphatic carboxylic acids is 1. The second kappa shape index (κ2) is 8.02. The molecule has 0 unspecified atom stereocenters. The van der Waals surface area contributed by atoms with E-state index >= 15 is 0 Å². The van der Waals surface area contributed by atoms with Crippen molar-refractivity contribution in [3.63, 3.8) is 0 Å². The summed E-state index contributed by atoms with van der Waals surface area (Å²) >= 11 is 1.70. The normalized spacial score (nSPS) is 19.3. The van der Waals surface area contributed by atoms with Crippen LogP contribution in [0.1, 0.15) is 12.8 Å². The van der Waals surface area contributed by atoms with Crippen molar-refractivity contribution in [3.8, 4) is 0 Å². The van der Waals surface area contributed by atoms with Gasteiger partial charge < -0.3 is 15.3 Å². The van der Waals surface area contributed by atoms with E-state index in [0.717, 1.165) is 17.9 Å². The van der Waals surface area contributed by atoms with Gasteiger partial charge in [0.2, 0.25) is 0 Å². The van der Waals surface area contributed by atoms with E-state index in [1.165, 1.54) is 0 Å². The van der Waals surface area contributed by atoms with Crippen molar-refractivity contribution in [2.75, 3.05) is 31.1 Å². The molecule has 18 heavy (non-hydrogen) atoms. The van der Waals surface area contributed by atoms with Gasteiger partial charge in [0.05, 0.1) is 5.92 Å². The largest absolute Gasteiger partial charge is 0.481 e. The zero-order valence-corrected chi connectivity index (χ0v) is 11.2. The van der Waals surface area contributed by atoms with Gasteiger partial charge in [-0.05, 0) is 12.8 Å². The van der Waals surface area contributed by atoms with E-state index in [4.69, 9.17) is 5.11 Å². The van der Waals surface area contributed by atoms with Crippen molar-refractivity contribution in [1.82, 2.24) is 10.2 Å². The van der Waals surface area contributed by atoms with Crippen molar-refractivity contribution in [3.05, 3.63) is 12.7 Å². The van der Waals surface area contributed by atoms with Gasteiger partial charge in [-0.25, -0.2) is 4.79 Å². The fourth-order valence-corrected chi connectivity index (χ4v) is 2.45. The Balaban J connectivity index is 2.24. The molecule has 1 rings (SSSR count). The topological polar surface area (TPSA) is 69.6 Å². The second-order valence-electron chi connectivity index (χ2n) is 4.22. The first-order valence-corrected chi connectivity index (χ1v) is 7.25. The molecule has 0 radical (unpaired) electrons. The van der Waals surface area contributed by atoms with Crippen LogP contribution in [0, 0.1) is 5.92 Å². The van der Waals surface area contributed by atoms with Crippen molar-refractivity contribution in [1.29, 1.82) is 0 Å². The van der Waals surface area contributed by atoms with E-state index in [2.05, 4.69) is 11.9 Å². The maximum atomic E-state index is 11.8. The number of thioether (sulfide) groups is 1. The van der Waals surface area contributed by atoms with Crippen LogP contribution >= 0.6 is 11.8 Å². The van der Waals surface area contributed by atoms with Crippen LogP contribution in [0.2, 0.25) is 0 Å². The molecule has 0 aromatic carbocycles. The van der Waals surface area contributed by atoms with Gasteiger partial charge in [-0.2, -0.15) is 11.8 Å². The van der Waals surface area contributed by atoms with Gasteiger partial charge in [0, 0.05) is 31.1 Å². The van der Waals surface area contributed by atoms with Gasteiger partial charge in [-0.3, -0.25) is 4.79 Å². The van der Waals surface area contributed by atoms with E-state index in [0.29, 0.717) is 26.1 Å². The molecule has 1 aliphatic rings. The third kappa shape index (κ3) is 5.00. The number of urea groups is 1. The minimum absolute atomic E-state index is 0.153. The summed E-state index contributed by atoms with van der Waals surface area (Å²) in [6.07, 6.45) is 3.25. The first-order valence-electron chi connectivity index (χ1n) is 6.09. The van der Waals surface area contributed by atoms with Crippen LogP contribution in [0.4, 0.5) is 4.79 Å². The van der Waals surface area contributed by atoms with Crippen LogP contribution in [-0.2, 0) is 4.79 Å². The molecule has 5 nitrogen and oxygen atoms in total. The third-order valence-electron chi connectivity index (χ3n) is 2.82. The number of likely N-dealkylation sites (tertiary alicyclic amines) is 1. The minimum Gasteiger partial charge on any atom is -0.481 e. The van der Waals surface area contributed by atoms with Crippen molar-refractivity contribution < 1.29 is 14.7 Å². The molecule has 0 aliphatic carbocycles. The summed E-state index contributed by atoms with van der Waals surface area (Å²) in [6.45, 7) is 5.19. The number of carbonyl (C=O) groups is 2. The predicted octanol–water partition coefficient (Wildman–Crippen LogP) is 1.41. The number of piperidine rings is 1. The summed E-state index contributed by atoms with van der Waals surface area (Å²) in [5.74, 6) is 0.489. The molecule has 1 aliphatic heterocycles. The molecular weight excluding hydrogens is 252 g/mol. The highest BCUT2D eigenvalue weighted by Gasteiger charge is 2.27. The van der Waals surface area contributed by atoms with Gasteiger partial charge in [-0.1, -0.05) is 6.08 Å². The summed E-state index contributed by atoms with van der Waals surface area (Å²) in [5.41, 5.74) is 0. The lowest BCUT2D eigenvalue weighted by Gasteiger charge is -2.30. The van der Waals surface area contributed by atoms with E-state index in [1.54, 1.807) is 16.7 Å². The lowest BCUT2D eigenvalue weighted by molar-refractivity contribution is -0.143. The van der Waals surface area contributed by atoms with E-state index in [1.807, 2.05) is 6.08 Å². The molecule has 0 saturated carbocycles. The number of hydrogen-bond acceptors (Lipinski definition) is 3. The molecular formula is C12H20N2O3S. The van der Waals surface area contributed by atoms with Gasteiger partial charge >= 0.3 is 12.0 Å². The Kier molecular flexibility index (Phi) is 6.64. The zero-order chi connectivity index (χ0) is 13.4. The predicted molar refractivity (Wildman–Crippen MR) is 72.9 cm³/mol. The average molecular weight is 272 g/mol. The molecule has 1 fully saturated rings. The van der Waals surface area contributed by atoms with E-state index in [-0.39, 0.29) is 6.03 Å². The Morgan fingerprint density at radius 2 is 2.33 bits per heavy atom. The summed E-state index contributed by atoms with van der Waals surface area (Å²) in [5, 5.41) is 11.7. The quantitative estimate of drug-likeness (QED) is 0.566. The van der Waals surface area contributed by atoms with Crippen LogP contribution in [0.15, 0.2) is 12.7 Å². The first-order chi connectivity index (χ1) is 8.65. The number of nitrogens with one attached hydrogen (secondary N) is 1. The highest BCUT2D eigenvalue weighted by Crippen LogP contribution is 2.16. The Morgan fingerprint density at radius 3 is 3.00 bits per heavy atom. The number of rotatable bonds is 6. The van der Waals surface area contributed by atoms with Crippen LogP contribution in [0.25, 0.3) is 0 Å². The molecule has 2 N–H and O–H groups in total. The van der Waals surface area contributed by atoms with Crippen molar-refractivity contribution in [2.24, 2.45) is 5.92 Å². The SMILES string of the molecule is C=CCSCCNC(=O)N1CCC[C@@H](C(=O)O)C1. The van der Waals surface area contributed by atoms with Gasteiger partial charge in [0.15, 0.2) is 0 Å². The van der Waals surface area contributed by atoms with E-state index < -0.39 is 11.9 Å². The average Bonchev–Trinajstić information content (AvgIpc) is 2.38. The molecule has 1 atom stereocenters. The van der Waals surface area contributed by atoms with Crippen molar-refractivity contribution in [2.45, 2.75) is 12.8 Å². The number of carbonyl (C=O) groups excluding carboxylic acids is 1. The van der Waals surface area contributed by atoms with Crippen LogP contribution in [-0.4, -0.2) is 53.1 Å². The number of amides is 2. The molecule has 0 aromatic rings. The molecule has 0 bridgehead atoms. The lowest BCUT2D eigenvalue weighted by atomic mass is 9.99. The highest BCUT2D eigenvalue weighted by atomic mass is 32.2. The van der Waals surface area contributed by atoms with Crippen molar-refractivity contribution >= 4 is 23.8 Å². The summed E-state index contributed by atoms with van der Waals surface area (Å²) in [6, 6.07) is -0.153.